The van der Waals surface area contributed by atoms with Crippen LogP contribution in [0.4, 0.5) is 4.39 Å². The molecule has 0 aliphatic rings. The van der Waals surface area contributed by atoms with Gasteiger partial charge in [-0.3, -0.25) is 0 Å². The largest absolute Gasteiger partial charge is 0.458 e. The van der Waals surface area contributed by atoms with Crippen molar-refractivity contribution in [1.29, 1.82) is 0 Å². The van der Waals surface area contributed by atoms with Gasteiger partial charge >= 0.3 is 0 Å². The lowest BCUT2D eigenvalue weighted by Crippen LogP contribution is -2.01. The third kappa shape index (κ3) is 2.87. The van der Waals surface area contributed by atoms with Gasteiger partial charge in [-0.05, 0) is 42.8 Å². The second-order valence-electron chi connectivity index (χ2n) is 5.08. The summed E-state index contributed by atoms with van der Waals surface area (Å²) in [6.07, 6.45) is -0.294. The molecular weight excluding hydrogens is 335 g/mol. The zero-order valence-electron chi connectivity index (χ0n) is 11.4. The second-order valence-corrected chi connectivity index (χ2v) is 5.99. The molecule has 0 amide bonds. The average Bonchev–Trinajstić information content (AvgIpc) is 2.79. The first-order valence-corrected chi connectivity index (χ1v) is 7.45. The molecule has 2 nitrogen and oxygen atoms in total. The van der Waals surface area contributed by atoms with E-state index in [1.165, 1.54) is 12.1 Å². The van der Waals surface area contributed by atoms with Crippen molar-refractivity contribution in [1.82, 2.24) is 0 Å². The monoisotopic (exact) mass is 348 g/mol. The van der Waals surface area contributed by atoms with Gasteiger partial charge in [-0.1, -0.05) is 28.1 Å². The number of aryl methyl sites for hydroxylation is 1. The van der Waals surface area contributed by atoms with Crippen molar-refractivity contribution in [2.45, 2.75) is 19.4 Å². The maximum Gasteiger partial charge on any atom is 0.137 e. The zero-order valence-corrected chi connectivity index (χ0v) is 13.0. The summed E-state index contributed by atoms with van der Waals surface area (Å²) in [6.45, 7) is 1.84. The molecular formula is C17H14BrFO2. The van der Waals surface area contributed by atoms with Crippen LogP contribution in [0.25, 0.3) is 11.0 Å². The summed E-state index contributed by atoms with van der Waals surface area (Å²) >= 11 is 3.38. The standard InChI is InChI=1S/C17H14BrFO2/c1-10-14-9-13(19)6-7-16(14)21-17(10)15(20)8-11-2-4-12(18)5-3-11/h2-7,9,15,20H,8H2,1H3. The molecule has 2 aromatic carbocycles. The van der Waals surface area contributed by atoms with E-state index in [9.17, 15) is 9.50 Å². The molecule has 0 spiro atoms. The quantitative estimate of drug-likeness (QED) is 0.728. The Morgan fingerprint density at radius 3 is 2.62 bits per heavy atom. The fourth-order valence-electron chi connectivity index (χ4n) is 2.47. The van der Waals surface area contributed by atoms with Crippen LogP contribution in [0.2, 0.25) is 0 Å². The van der Waals surface area contributed by atoms with Crippen LogP contribution in [0.3, 0.4) is 0 Å². The first-order valence-electron chi connectivity index (χ1n) is 6.65. The van der Waals surface area contributed by atoms with E-state index in [0.717, 1.165) is 15.6 Å². The number of hydrogen-bond acceptors (Lipinski definition) is 2. The van der Waals surface area contributed by atoms with Crippen LogP contribution in [0, 0.1) is 12.7 Å². The summed E-state index contributed by atoms with van der Waals surface area (Å²) in [5.74, 6) is 0.193. The van der Waals surface area contributed by atoms with E-state index < -0.39 is 6.10 Å². The lowest BCUT2D eigenvalue weighted by molar-refractivity contribution is 0.151. The summed E-state index contributed by atoms with van der Waals surface area (Å²) in [6, 6.07) is 12.1. The van der Waals surface area contributed by atoms with Crippen molar-refractivity contribution in [3.8, 4) is 0 Å². The lowest BCUT2D eigenvalue weighted by Gasteiger charge is -2.09. The van der Waals surface area contributed by atoms with Gasteiger partial charge in [0, 0.05) is 21.8 Å². The van der Waals surface area contributed by atoms with Crippen LogP contribution in [0.15, 0.2) is 51.4 Å². The second kappa shape index (κ2) is 5.62. The van der Waals surface area contributed by atoms with Gasteiger partial charge in [-0.25, -0.2) is 4.39 Å². The molecule has 1 aromatic heterocycles. The molecule has 1 atom stereocenters. The minimum absolute atomic E-state index is 0.305. The number of hydrogen-bond donors (Lipinski definition) is 1. The van der Waals surface area contributed by atoms with Crippen LogP contribution in [-0.4, -0.2) is 5.11 Å². The van der Waals surface area contributed by atoms with E-state index >= 15 is 0 Å². The minimum atomic E-state index is -0.748. The number of aliphatic hydroxyl groups excluding tert-OH is 1. The van der Waals surface area contributed by atoms with Crippen molar-refractivity contribution in [3.63, 3.8) is 0 Å². The van der Waals surface area contributed by atoms with Gasteiger partial charge in [0.2, 0.25) is 0 Å². The van der Waals surface area contributed by atoms with Crippen molar-refractivity contribution >= 4 is 26.9 Å². The zero-order chi connectivity index (χ0) is 15.0. The van der Waals surface area contributed by atoms with E-state index in [0.29, 0.717) is 23.2 Å². The summed E-state index contributed by atoms with van der Waals surface area (Å²) < 4.78 is 20.0. The third-order valence-electron chi connectivity index (χ3n) is 3.58. The molecule has 108 valence electrons. The van der Waals surface area contributed by atoms with E-state index in [1.807, 2.05) is 31.2 Å². The number of halogens is 2. The molecule has 0 bridgehead atoms. The predicted molar refractivity (Wildman–Crippen MR) is 83.7 cm³/mol. The molecule has 0 fully saturated rings. The molecule has 0 saturated heterocycles. The van der Waals surface area contributed by atoms with E-state index in [1.54, 1.807) is 6.07 Å². The molecule has 0 saturated carbocycles. The molecule has 0 aliphatic heterocycles. The van der Waals surface area contributed by atoms with Crippen molar-refractivity contribution in [2.24, 2.45) is 0 Å². The Morgan fingerprint density at radius 1 is 1.19 bits per heavy atom. The maximum atomic E-state index is 13.3. The van der Waals surface area contributed by atoms with Gasteiger partial charge < -0.3 is 9.52 Å². The Hall–Kier alpha value is -1.65. The summed E-state index contributed by atoms with van der Waals surface area (Å²) in [5.41, 5.74) is 2.39. The van der Waals surface area contributed by atoms with E-state index in [2.05, 4.69) is 15.9 Å². The molecule has 21 heavy (non-hydrogen) atoms. The Kier molecular flexibility index (Phi) is 3.83. The van der Waals surface area contributed by atoms with Gasteiger partial charge in [-0.2, -0.15) is 0 Å². The van der Waals surface area contributed by atoms with Gasteiger partial charge in [0.1, 0.15) is 23.3 Å². The van der Waals surface area contributed by atoms with Crippen LogP contribution < -0.4 is 0 Å². The number of benzene rings is 2. The first kappa shape index (κ1) is 14.3. The van der Waals surface area contributed by atoms with Gasteiger partial charge in [0.05, 0.1) is 0 Å². The molecule has 0 aliphatic carbocycles. The van der Waals surface area contributed by atoms with E-state index in [4.69, 9.17) is 4.42 Å². The molecule has 1 N–H and O–H groups in total. The van der Waals surface area contributed by atoms with Crippen LogP contribution in [0.1, 0.15) is 23.0 Å². The van der Waals surface area contributed by atoms with Crippen LogP contribution in [-0.2, 0) is 6.42 Å². The Balaban J connectivity index is 1.92. The fourth-order valence-corrected chi connectivity index (χ4v) is 2.73. The van der Waals surface area contributed by atoms with Crippen molar-refractivity contribution in [2.75, 3.05) is 0 Å². The summed E-state index contributed by atoms with van der Waals surface area (Å²) in [5, 5.41) is 11.1. The summed E-state index contributed by atoms with van der Waals surface area (Å²) in [4.78, 5) is 0. The number of rotatable bonds is 3. The highest BCUT2D eigenvalue weighted by Gasteiger charge is 2.19. The molecule has 3 aromatic rings. The van der Waals surface area contributed by atoms with Crippen LogP contribution >= 0.6 is 15.9 Å². The van der Waals surface area contributed by atoms with Gasteiger partial charge in [-0.15, -0.1) is 0 Å². The minimum Gasteiger partial charge on any atom is -0.458 e. The normalized spacial score (nSPS) is 12.8. The smallest absolute Gasteiger partial charge is 0.137 e. The van der Waals surface area contributed by atoms with Crippen molar-refractivity contribution in [3.05, 3.63) is 69.6 Å². The molecule has 1 unspecified atom stereocenters. The lowest BCUT2D eigenvalue weighted by atomic mass is 10.0. The van der Waals surface area contributed by atoms with Crippen molar-refractivity contribution < 1.29 is 13.9 Å². The highest BCUT2D eigenvalue weighted by molar-refractivity contribution is 9.10. The highest BCUT2D eigenvalue weighted by Crippen LogP contribution is 2.31. The van der Waals surface area contributed by atoms with E-state index in [-0.39, 0.29) is 5.82 Å². The van der Waals surface area contributed by atoms with Crippen LogP contribution in [0.5, 0.6) is 0 Å². The van der Waals surface area contributed by atoms with Gasteiger partial charge in [0.15, 0.2) is 0 Å². The molecule has 4 heteroatoms. The molecule has 1 heterocycles. The molecule has 3 rings (SSSR count). The third-order valence-corrected chi connectivity index (χ3v) is 4.11. The average molecular weight is 349 g/mol. The number of fused-ring (bicyclic) bond motifs is 1. The Morgan fingerprint density at radius 2 is 1.90 bits per heavy atom. The number of furan rings is 1. The SMILES string of the molecule is Cc1c(C(O)Cc2ccc(Br)cc2)oc2ccc(F)cc12. The number of aliphatic hydroxyl groups is 1. The topological polar surface area (TPSA) is 33.4 Å². The predicted octanol–water partition coefficient (Wildman–Crippen LogP) is 4.92. The summed E-state index contributed by atoms with van der Waals surface area (Å²) in [7, 11) is 0. The van der Waals surface area contributed by atoms with Gasteiger partial charge in [0.25, 0.3) is 0 Å². The Labute approximate surface area is 130 Å². The first-order chi connectivity index (χ1) is 10.0. The Bertz CT molecular complexity index is 777. The highest BCUT2D eigenvalue weighted by atomic mass is 79.9. The molecule has 0 radical (unpaired) electrons. The fraction of sp³-hybridized carbons (Fsp3) is 0.176. The maximum absolute atomic E-state index is 13.3.